The van der Waals surface area contributed by atoms with Crippen LogP contribution in [0.25, 0.3) is 0 Å². The average molecular weight is 543 g/mol. The van der Waals surface area contributed by atoms with E-state index in [-0.39, 0.29) is 35.6 Å². The molecule has 222 valence electrons. The van der Waals surface area contributed by atoms with Crippen LogP contribution >= 0.6 is 0 Å². The van der Waals surface area contributed by atoms with Crippen molar-refractivity contribution < 1.29 is 19.2 Å². The minimum atomic E-state index is -0.0622. The summed E-state index contributed by atoms with van der Waals surface area (Å²) < 4.78 is 0. The number of ketones is 4. The molecule has 4 nitrogen and oxygen atoms in total. The Labute approximate surface area is 240 Å². The molecule has 39 heavy (non-hydrogen) atoms. The summed E-state index contributed by atoms with van der Waals surface area (Å²) >= 11 is 0. The van der Waals surface area contributed by atoms with Crippen molar-refractivity contribution in [3.63, 3.8) is 0 Å². The van der Waals surface area contributed by atoms with Gasteiger partial charge in [-0.05, 0) is 69.4 Å². The van der Waals surface area contributed by atoms with Crippen LogP contribution in [0.15, 0.2) is 18.2 Å². The Hall–Kier alpha value is -2.10. The van der Waals surface area contributed by atoms with E-state index >= 15 is 0 Å². The number of carbonyl (C=O) groups excluding carboxylic acids is 4. The molecule has 1 aromatic rings. The van der Waals surface area contributed by atoms with Gasteiger partial charge in [-0.1, -0.05) is 97.8 Å². The highest BCUT2D eigenvalue weighted by atomic mass is 16.1. The summed E-state index contributed by atoms with van der Waals surface area (Å²) in [7, 11) is 0. The number of hydrogen-bond donors (Lipinski definition) is 0. The van der Waals surface area contributed by atoms with E-state index < -0.39 is 0 Å². The molecule has 2 rings (SSSR count). The van der Waals surface area contributed by atoms with Gasteiger partial charge in [-0.25, -0.2) is 0 Å². The first-order chi connectivity index (χ1) is 18.6. The van der Waals surface area contributed by atoms with Gasteiger partial charge in [0.15, 0.2) is 5.78 Å². The molecule has 0 spiro atoms. The largest absolute Gasteiger partial charge is 0.300 e. The summed E-state index contributed by atoms with van der Waals surface area (Å²) in [4.78, 5) is 47.1. The van der Waals surface area contributed by atoms with Crippen LogP contribution in [-0.2, 0) is 20.8 Å². The minimum absolute atomic E-state index is 0.0460. The van der Waals surface area contributed by atoms with Gasteiger partial charge in [0, 0.05) is 24.3 Å². The fourth-order valence-corrected chi connectivity index (χ4v) is 5.67. The van der Waals surface area contributed by atoms with E-state index in [4.69, 9.17) is 0 Å². The van der Waals surface area contributed by atoms with Crippen LogP contribution in [0.1, 0.15) is 153 Å². The fraction of sp³-hybridized carbons (Fsp3) is 0.714. The molecular weight excluding hydrogens is 484 g/mol. The van der Waals surface area contributed by atoms with E-state index in [1.54, 1.807) is 6.92 Å². The monoisotopic (exact) mass is 542 g/mol. The summed E-state index contributed by atoms with van der Waals surface area (Å²) in [6.07, 6.45) is 13.5. The standard InChI is InChI=1S/C23H32O3.C9H18O.C3H8/c1-5-8-18(20(6-2)21(25)11-16(4)24)12-17-13-19-10-7-9-15(3)23(19)22(26)14-17;1-3-4-5-6-7-8-9(2)10;1-3-2/h7,9-10,17-18,20H,5-6,8,11-14H2,1-4H3;3-8H2,1-2H3;3H2,1-2H3. The Bertz CT molecular complexity index is 869. The van der Waals surface area contributed by atoms with Crippen molar-refractivity contribution in [1.82, 2.24) is 0 Å². The lowest BCUT2D eigenvalue weighted by atomic mass is 9.72. The first-order valence-electron chi connectivity index (χ1n) is 15.7. The molecule has 0 heterocycles. The summed E-state index contributed by atoms with van der Waals surface area (Å²) in [5.74, 6) is 1.10. The highest BCUT2D eigenvalue weighted by Crippen LogP contribution is 2.36. The zero-order valence-electron chi connectivity index (χ0n) is 26.5. The summed E-state index contributed by atoms with van der Waals surface area (Å²) in [5.41, 5.74) is 3.14. The van der Waals surface area contributed by atoms with Gasteiger partial charge in [0.2, 0.25) is 0 Å². The van der Waals surface area contributed by atoms with Crippen LogP contribution in [0.4, 0.5) is 0 Å². The first kappa shape index (κ1) is 36.9. The molecule has 0 radical (unpaired) electrons. The summed E-state index contributed by atoms with van der Waals surface area (Å²) in [6, 6.07) is 6.10. The Kier molecular flexibility index (Phi) is 20.5. The Balaban J connectivity index is 0.000000928. The molecule has 0 saturated heterocycles. The third-order valence-corrected chi connectivity index (χ3v) is 7.39. The number of unbranched alkanes of at least 4 members (excludes halogenated alkanes) is 4. The van der Waals surface area contributed by atoms with Gasteiger partial charge in [-0.15, -0.1) is 0 Å². The second kappa shape index (κ2) is 21.7. The Morgan fingerprint density at radius 3 is 2.05 bits per heavy atom. The number of fused-ring (bicyclic) bond motifs is 1. The maximum atomic E-state index is 12.7. The quantitative estimate of drug-likeness (QED) is 0.163. The van der Waals surface area contributed by atoms with E-state index in [9.17, 15) is 19.2 Å². The molecule has 0 amide bonds. The number of aryl methyl sites for hydroxylation is 1. The lowest BCUT2D eigenvalue weighted by Gasteiger charge is -2.31. The predicted octanol–water partition coefficient (Wildman–Crippen LogP) is 9.47. The molecule has 0 aliphatic heterocycles. The zero-order valence-corrected chi connectivity index (χ0v) is 26.5. The number of benzene rings is 1. The SMILES string of the molecule is CCC.CCCC(CC1CC(=O)c2c(C)cccc2C1)C(CC)C(=O)CC(C)=O.CCCCCCCC(C)=O. The second-order valence-corrected chi connectivity index (χ2v) is 11.5. The first-order valence-corrected chi connectivity index (χ1v) is 15.7. The topological polar surface area (TPSA) is 68.3 Å². The van der Waals surface area contributed by atoms with Crippen molar-refractivity contribution in [3.05, 3.63) is 34.9 Å². The molecule has 0 aromatic heterocycles. The van der Waals surface area contributed by atoms with Crippen LogP contribution in [0.2, 0.25) is 0 Å². The molecule has 1 aliphatic carbocycles. The van der Waals surface area contributed by atoms with Crippen molar-refractivity contribution in [2.24, 2.45) is 17.8 Å². The molecule has 0 saturated carbocycles. The summed E-state index contributed by atoms with van der Waals surface area (Å²) in [6.45, 7) is 15.8. The normalized spacial score (nSPS) is 15.6. The molecule has 3 atom stereocenters. The molecule has 4 heteroatoms. The van der Waals surface area contributed by atoms with Crippen LogP contribution in [-0.4, -0.2) is 23.1 Å². The molecule has 0 bridgehead atoms. The van der Waals surface area contributed by atoms with Crippen LogP contribution in [0.5, 0.6) is 0 Å². The van der Waals surface area contributed by atoms with Crippen molar-refractivity contribution in [3.8, 4) is 0 Å². The van der Waals surface area contributed by atoms with Gasteiger partial charge in [0.05, 0.1) is 6.42 Å². The Morgan fingerprint density at radius 1 is 0.872 bits per heavy atom. The molecule has 0 N–H and O–H groups in total. The smallest absolute Gasteiger partial charge is 0.163 e. The van der Waals surface area contributed by atoms with Crippen LogP contribution in [0.3, 0.4) is 0 Å². The molecule has 1 aromatic carbocycles. The van der Waals surface area contributed by atoms with Gasteiger partial charge in [0.25, 0.3) is 0 Å². The molecule has 1 aliphatic rings. The van der Waals surface area contributed by atoms with Gasteiger partial charge < -0.3 is 4.79 Å². The predicted molar refractivity (Wildman–Crippen MR) is 164 cm³/mol. The molecular formula is C35H58O4. The van der Waals surface area contributed by atoms with Crippen molar-refractivity contribution >= 4 is 23.1 Å². The minimum Gasteiger partial charge on any atom is -0.300 e. The molecule has 3 unspecified atom stereocenters. The zero-order chi connectivity index (χ0) is 29.8. The second-order valence-electron chi connectivity index (χ2n) is 11.5. The number of hydrogen-bond acceptors (Lipinski definition) is 4. The average Bonchev–Trinajstić information content (AvgIpc) is 2.84. The fourth-order valence-electron chi connectivity index (χ4n) is 5.67. The van der Waals surface area contributed by atoms with Gasteiger partial charge in [-0.2, -0.15) is 0 Å². The number of rotatable bonds is 15. The lowest BCUT2D eigenvalue weighted by molar-refractivity contribution is -0.130. The van der Waals surface area contributed by atoms with E-state index in [1.807, 2.05) is 26.0 Å². The third-order valence-electron chi connectivity index (χ3n) is 7.39. The third kappa shape index (κ3) is 15.3. The maximum absolute atomic E-state index is 12.7. The number of Topliss-reactive ketones (excluding diaryl/α,β-unsaturated/α-hetero) is 4. The van der Waals surface area contributed by atoms with Gasteiger partial charge >= 0.3 is 0 Å². The highest BCUT2D eigenvalue weighted by Gasteiger charge is 2.32. The number of carbonyl (C=O) groups is 4. The lowest BCUT2D eigenvalue weighted by Crippen LogP contribution is -2.29. The van der Waals surface area contributed by atoms with Gasteiger partial charge in [-0.3, -0.25) is 14.4 Å². The summed E-state index contributed by atoms with van der Waals surface area (Å²) in [5, 5.41) is 0. The van der Waals surface area contributed by atoms with Gasteiger partial charge in [0.1, 0.15) is 17.3 Å². The van der Waals surface area contributed by atoms with Crippen LogP contribution < -0.4 is 0 Å². The van der Waals surface area contributed by atoms with Crippen molar-refractivity contribution in [2.75, 3.05) is 0 Å². The van der Waals surface area contributed by atoms with Crippen molar-refractivity contribution in [2.45, 2.75) is 145 Å². The van der Waals surface area contributed by atoms with E-state index in [0.717, 1.165) is 61.6 Å². The van der Waals surface area contributed by atoms with Crippen molar-refractivity contribution in [1.29, 1.82) is 0 Å². The van der Waals surface area contributed by atoms with E-state index in [2.05, 4.69) is 33.8 Å². The Morgan fingerprint density at radius 2 is 1.51 bits per heavy atom. The van der Waals surface area contributed by atoms with Crippen LogP contribution in [0, 0.1) is 24.7 Å². The van der Waals surface area contributed by atoms with E-state index in [1.165, 1.54) is 39.0 Å². The van der Waals surface area contributed by atoms with E-state index in [0.29, 0.717) is 18.1 Å². The maximum Gasteiger partial charge on any atom is 0.163 e. The highest BCUT2D eigenvalue weighted by molar-refractivity contribution is 6.00. The molecule has 0 fully saturated rings.